The van der Waals surface area contributed by atoms with Gasteiger partial charge < -0.3 is 5.73 Å². The minimum absolute atomic E-state index is 0.0464. The molecule has 2 rings (SSSR count). The van der Waals surface area contributed by atoms with E-state index in [1.54, 1.807) is 0 Å². The molecule has 16 heavy (non-hydrogen) atoms. The van der Waals surface area contributed by atoms with Crippen molar-refractivity contribution in [2.24, 2.45) is 0 Å². The first-order valence-electron chi connectivity index (χ1n) is 4.25. The number of benzene rings is 1. The van der Waals surface area contributed by atoms with Gasteiger partial charge in [-0.25, -0.2) is 4.79 Å². The van der Waals surface area contributed by atoms with E-state index in [2.05, 4.69) is 46.8 Å². The van der Waals surface area contributed by atoms with Crippen molar-refractivity contribution >= 4 is 37.8 Å². The zero-order valence-electron chi connectivity index (χ0n) is 7.87. The van der Waals surface area contributed by atoms with Gasteiger partial charge in [-0.15, -0.1) is 0 Å². The number of rotatable bonds is 1. The van der Waals surface area contributed by atoms with Crippen LogP contribution in [0.5, 0.6) is 0 Å². The van der Waals surface area contributed by atoms with E-state index < -0.39 is 5.69 Å². The molecule has 0 atom stereocenters. The Morgan fingerprint density at radius 2 is 1.75 bits per heavy atom. The maximum absolute atomic E-state index is 11.1. The topological polar surface area (TPSA) is 84.7 Å². The number of nitrogen functional groups attached to an aromatic ring is 1. The average Bonchev–Trinajstić information content (AvgIpc) is 2.14. The smallest absolute Gasteiger partial charge is 0.349 e. The van der Waals surface area contributed by atoms with Crippen molar-refractivity contribution in [3.05, 3.63) is 37.6 Å². The molecule has 0 aliphatic carbocycles. The summed E-state index contributed by atoms with van der Waals surface area (Å²) in [5.74, 6) is 0.342. The first-order valence-corrected chi connectivity index (χ1v) is 5.83. The predicted octanol–water partition coefficient (Wildman–Crippen LogP) is 1.94. The summed E-state index contributed by atoms with van der Waals surface area (Å²) in [5.41, 5.74) is 5.64. The lowest BCUT2D eigenvalue weighted by Gasteiger charge is -2.02. The lowest BCUT2D eigenvalue weighted by Crippen LogP contribution is -2.15. The number of nitrogens with zero attached hydrogens (tertiary/aromatic N) is 2. The number of H-pyrrole nitrogens is 1. The SMILES string of the molecule is Nc1nc(-c2cc(Br)cc(Br)c2)[nH]c(=O)n1. The van der Waals surface area contributed by atoms with E-state index in [0.29, 0.717) is 5.82 Å². The highest BCUT2D eigenvalue weighted by Crippen LogP contribution is 2.25. The monoisotopic (exact) mass is 344 g/mol. The van der Waals surface area contributed by atoms with Crippen LogP contribution >= 0.6 is 31.9 Å². The van der Waals surface area contributed by atoms with E-state index >= 15 is 0 Å². The predicted molar refractivity (Wildman–Crippen MR) is 67.9 cm³/mol. The van der Waals surface area contributed by atoms with Gasteiger partial charge in [0, 0.05) is 14.5 Å². The summed E-state index contributed by atoms with van der Waals surface area (Å²) < 4.78 is 1.74. The minimum Gasteiger partial charge on any atom is -0.368 e. The van der Waals surface area contributed by atoms with Crippen molar-refractivity contribution in [2.75, 3.05) is 5.73 Å². The molecule has 0 fully saturated rings. The van der Waals surface area contributed by atoms with Gasteiger partial charge in [-0.3, -0.25) is 4.98 Å². The minimum atomic E-state index is -0.515. The van der Waals surface area contributed by atoms with E-state index in [0.717, 1.165) is 14.5 Å². The van der Waals surface area contributed by atoms with Crippen molar-refractivity contribution in [2.45, 2.75) is 0 Å². The third kappa shape index (κ3) is 2.48. The number of nitrogens with two attached hydrogens (primary N) is 1. The first-order chi connectivity index (χ1) is 7.54. The van der Waals surface area contributed by atoms with Gasteiger partial charge in [0.1, 0.15) is 5.82 Å². The Hall–Kier alpha value is -1.21. The molecule has 0 saturated heterocycles. The van der Waals surface area contributed by atoms with Crippen LogP contribution in [0, 0.1) is 0 Å². The zero-order valence-corrected chi connectivity index (χ0v) is 11.0. The Morgan fingerprint density at radius 3 is 2.31 bits per heavy atom. The van der Waals surface area contributed by atoms with Crippen molar-refractivity contribution in [1.82, 2.24) is 15.0 Å². The molecule has 1 heterocycles. The lowest BCUT2D eigenvalue weighted by molar-refractivity contribution is 1.01. The second kappa shape index (κ2) is 4.34. The number of aromatic nitrogens is 3. The molecule has 0 spiro atoms. The van der Waals surface area contributed by atoms with E-state index in [1.165, 1.54) is 0 Å². The summed E-state index contributed by atoms with van der Waals surface area (Å²) in [6.07, 6.45) is 0. The van der Waals surface area contributed by atoms with Crippen molar-refractivity contribution in [1.29, 1.82) is 0 Å². The molecule has 5 nitrogen and oxygen atoms in total. The van der Waals surface area contributed by atoms with Crippen LogP contribution in [0.25, 0.3) is 11.4 Å². The molecule has 0 saturated carbocycles. The van der Waals surface area contributed by atoms with E-state index in [1.807, 2.05) is 18.2 Å². The summed E-state index contributed by atoms with van der Waals surface area (Å²) in [5, 5.41) is 0. The number of anilines is 1. The van der Waals surface area contributed by atoms with Crippen molar-refractivity contribution in [3.8, 4) is 11.4 Å². The Bertz CT molecular complexity index is 576. The van der Waals surface area contributed by atoms with Gasteiger partial charge in [0.25, 0.3) is 0 Å². The summed E-state index contributed by atoms with van der Waals surface area (Å²) in [4.78, 5) is 21.1. The Labute approximate surface area is 107 Å². The molecule has 0 amide bonds. The molecule has 1 aromatic heterocycles. The Balaban J connectivity index is 2.62. The maximum atomic E-state index is 11.1. The fourth-order valence-corrected chi connectivity index (χ4v) is 2.52. The highest BCUT2D eigenvalue weighted by molar-refractivity contribution is 9.11. The van der Waals surface area contributed by atoms with Crippen LogP contribution in [0.2, 0.25) is 0 Å². The van der Waals surface area contributed by atoms with Crippen LogP contribution < -0.4 is 11.4 Å². The third-order valence-corrected chi connectivity index (χ3v) is 2.72. The normalized spacial score (nSPS) is 10.4. The summed E-state index contributed by atoms with van der Waals surface area (Å²) in [7, 11) is 0. The molecule has 3 N–H and O–H groups in total. The average molecular weight is 346 g/mol. The molecule has 0 bridgehead atoms. The standard InChI is InChI=1S/C9H6Br2N4O/c10-5-1-4(2-6(11)3-5)7-13-8(12)15-9(16)14-7/h1-3H,(H3,12,13,14,15,16). The van der Waals surface area contributed by atoms with Gasteiger partial charge in [0.05, 0.1) is 0 Å². The first kappa shape index (κ1) is 11.3. The summed E-state index contributed by atoms with van der Waals surface area (Å²) in [6.45, 7) is 0. The molecule has 1 aromatic carbocycles. The quantitative estimate of drug-likeness (QED) is 0.827. The number of hydrogen-bond donors (Lipinski definition) is 2. The van der Waals surface area contributed by atoms with Crippen LogP contribution in [-0.4, -0.2) is 15.0 Å². The highest BCUT2D eigenvalue weighted by Gasteiger charge is 2.05. The Morgan fingerprint density at radius 1 is 1.12 bits per heavy atom. The second-order valence-corrected chi connectivity index (χ2v) is 4.85. The van der Waals surface area contributed by atoms with Gasteiger partial charge in [0.15, 0.2) is 0 Å². The molecule has 0 aliphatic rings. The molecule has 0 unspecified atom stereocenters. The second-order valence-electron chi connectivity index (χ2n) is 3.02. The summed E-state index contributed by atoms with van der Waals surface area (Å²) in [6, 6.07) is 5.52. The number of nitrogens with one attached hydrogen (secondary N) is 1. The van der Waals surface area contributed by atoms with Gasteiger partial charge in [-0.1, -0.05) is 31.9 Å². The molecular weight excluding hydrogens is 340 g/mol. The number of aromatic amines is 1. The maximum Gasteiger partial charge on any atom is 0.349 e. The van der Waals surface area contributed by atoms with E-state index in [9.17, 15) is 4.79 Å². The molecule has 7 heteroatoms. The van der Waals surface area contributed by atoms with Crippen LogP contribution in [0.3, 0.4) is 0 Å². The van der Waals surface area contributed by atoms with E-state index in [-0.39, 0.29) is 5.95 Å². The van der Waals surface area contributed by atoms with Crippen molar-refractivity contribution in [3.63, 3.8) is 0 Å². The lowest BCUT2D eigenvalue weighted by atomic mass is 10.2. The largest absolute Gasteiger partial charge is 0.368 e. The van der Waals surface area contributed by atoms with Gasteiger partial charge in [-0.05, 0) is 18.2 Å². The van der Waals surface area contributed by atoms with E-state index in [4.69, 9.17) is 5.73 Å². The molecular formula is C9H6Br2N4O. The van der Waals surface area contributed by atoms with Gasteiger partial charge >= 0.3 is 5.69 Å². The Kier molecular flexibility index (Phi) is 3.06. The van der Waals surface area contributed by atoms with Crippen LogP contribution in [0.1, 0.15) is 0 Å². The zero-order chi connectivity index (χ0) is 11.7. The molecule has 0 radical (unpaired) electrons. The fourth-order valence-electron chi connectivity index (χ4n) is 1.23. The summed E-state index contributed by atoms with van der Waals surface area (Å²) >= 11 is 6.70. The molecule has 82 valence electrons. The highest BCUT2D eigenvalue weighted by atomic mass is 79.9. The number of halogens is 2. The number of hydrogen-bond acceptors (Lipinski definition) is 4. The van der Waals surface area contributed by atoms with Crippen LogP contribution in [-0.2, 0) is 0 Å². The van der Waals surface area contributed by atoms with Gasteiger partial charge in [-0.2, -0.15) is 9.97 Å². The third-order valence-electron chi connectivity index (χ3n) is 1.80. The molecule has 0 aliphatic heterocycles. The fraction of sp³-hybridized carbons (Fsp3) is 0. The molecule has 2 aromatic rings. The van der Waals surface area contributed by atoms with Crippen molar-refractivity contribution < 1.29 is 0 Å². The van der Waals surface area contributed by atoms with Crippen LogP contribution in [0.15, 0.2) is 31.9 Å². The van der Waals surface area contributed by atoms with Crippen LogP contribution in [0.4, 0.5) is 5.95 Å². The van der Waals surface area contributed by atoms with Gasteiger partial charge in [0.2, 0.25) is 5.95 Å².